The zero-order chi connectivity index (χ0) is 16.6. The van der Waals surface area contributed by atoms with Crippen LogP contribution >= 0.6 is 23.2 Å². The van der Waals surface area contributed by atoms with Crippen LogP contribution in [0.25, 0.3) is 0 Å². The second-order valence-corrected chi connectivity index (χ2v) is 7.92. The van der Waals surface area contributed by atoms with Crippen molar-refractivity contribution in [3.63, 3.8) is 0 Å². The summed E-state index contributed by atoms with van der Waals surface area (Å²) >= 11 is 12.5. The van der Waals surface area contributed by atoms with Gasteiger partial charge in [0.25, 0.3) is 0 Å². The van der Waals surface area contributed by atoms with Crippen molar-refractivity contribution >= 4 is 28.9 Å². The summed E-state index contributed by atoms with van der Waals surface area (Å²) in [6.07, 6.45) is 3.50. The highest BCUT2D eigenvalue weighted by Gasteiger charge is 2.45. The molecule has 1 fully saturated rings. The van der Waals surface area contributed by atoms with Crippen molar-refractivity contribution in [1.29, 1.82) is 0 Å². The standard InChI is InChI=1S/C20H22Cl2N2/c21-16-5-1-3-14(9-16)11-20(15-4-2-8-23-12-15)13-24-19-10-17(22)6-7-18(19)20/h1,3,5-7,9-10,15,23-24H,2,4,8,11-13H2. The first kappa shape index (κ1) is 16.3. The summed E-state index contributed by atoms with van der Waals surface area (Å²) in [5, 5.41) is 8.82. The third-order valence-corrected chi connectivity index (χ3v) is 6.07. The molecule has 4 rings (SSSR count). The zero-order valence-electron chi connectivity index (χ0n) is 13.6. The van der Waals surface area contributed by atoms with Crippen LogP contribution in [0.15, 0.2) is 42.5 Å². The van der Waals surface area contributed by atoms with Crippen LogP contribution in [0.2, 0.25) is 10.0 Å². The number of piperidine rings is 1. The molecule has 2 aromatic rings. The number of hydrogen-bond donors (Lipinski definition) is 2. The minimum Gasteiger partial charge on any atom is -0.384 e. The van der Waals surface area contributed by atoms with Gasteiger partial charge in [-0.15, -0.1) is 0 Å². The molecule has 0 bridgehead atoms. The first-order chi connectivity index (χ1) is 11.7. The molecule has 2 heterocycles. The SMILES string of the molecule is Clc1cccc(CC2(C3CCCNC3)CNc3cc(Cl)ccc32)c1. The van der Waals surface area contributed by atoms with Gasteiger partial charge < -0.3 is 10.6 Å². The number of anilines is 1. The van der Waals surface area contributed by atoms with Crippen LogP contribution in [0, 0.1) is 5.92 Å². The van der Waals surface area contributed by atoms with E-state index in [0.29, 0.717) is 5.92 Å². The minimum atomic E-state index is 0.0953. The maximum atomic E-state index is 6.24. The topological polar surface area (TPSA) is 24.1 Å². The molecule has 0 radical (unpaired) electrons. The molecule has 0 spiro atoms. The van der Waals surface area contributed by atoms with Crippen molar-refractivity contribution in [2.75, 3.05) is 25.0 Å². The fourth-order valence-corrected chi connectivity index (χ4v) is 4.83. The van der Waals surface area contributed by atoms with Gasteiger partial charge in [0.15, 0.2) is 0 Å². The summed E-state index contributed by atoms with van der Waals surface area (Å²) in [6, 6.07) is 14.6. The van der Waals surface area contributed by atoms with Crippen LogP contribution in [0.3, 0.4) is 0 Å². The highest BCUT2D eigenvalue weighted by molar-refractivity contribution is 6.31. The Morgan fingerprint density at radius 2 is 1.96 bits per heavy atom. The summed E-state index contributed by atoms with van der Waals surface area (Å²) in [5.74, 6) is 0.611. The second kappa shape index (κ2) is 6.59. The van der Waals surface area contributed by atoms with Crippen LogP contribution < -0.4 is 10.6 Å². The number of benzene rings is 2. The molecule has 24 heavy (non-hydrogen) atoms. The first-order valence-electron chi connectivity index (χ1n) is 8.66. The van der Waals surface area contributed by atoms with E-state index in [4.69, 9.17) is 23.2 Å². The van der Waals surface area contributed by atoms with E-state index in [0.717, 1.165) is 36.1 Å². The number of halogens is 2. The summed E-state index contributed by atoms with van der Waals surface area (Å²) in [6.45, 7) is 3.16. The Morgan fingerprint density at radius 1 is 1.08 bits per heavy atom. The smallest absolute Gasteiger partial charge is 0.0426 e. The fraction of sp³-hybridized carbons (Fsp3) is 0.400. The van der Waals surface area contributed by atoms with Gasteiger partial charge in [-0.2, -0.15) is 0 Å². The van der Waals surface area contributed by atoms with E-state index in [-0.39, 0.29) is 5.41 Å². The number of fused-ring (bicyclic) bond motifs is 1. The molecule has 2 aliphatic heterocycles. The summed E-state index contributed by atoms with van der Waals surface area (Å²) < 4.78 is 0. The second-order valence-electron chi connectivity index (χ2n) is 7.05. The van der Waals surface area contributed by atoms with Gasteiger partial charge in [-0.25, -0.2) is 0 Å². The molecule has 2 aliphatic rings. The maximum absolute atomic E-state index is 6.24. The molecule has 2 unspecified atom stereocenters. The molecule has 0 saturated carbocycles. The summed E-state index contributed by atoms with van der Waals surface area (Å²) in [4.78, 5) is 0. The van der Waals surface area contributed by atoms with Crippen molar-refractivity contribution in [1.82, 2.24) is 5.32 Å². The minimum absolute atomic E-state index is 0.0953. The van der Waals surface area contributed by atoms with Crippen LogP contribution in [0.4, 0.5) is 5.69 Å². The Balaban J connectivity index is 1.77. The van der Waals surface area contributed by atoms with E-state index < -0.39 is 0 Å². The van der Waals surface area contributed by atoms with Gasteiger partial charge in [-0.3, -0.25) is 0 Å². The van der Waals surface area contributed by atoms with E-state index in [1.807, 2.05) is 12.1 Å². The first-order valence-corrected chi connectivity index (χ1v) is 9.42. The lowest BCUT2D eigenvalue weighted by Gasteiger charge is -2.40. The molecule has 2 nitrogen and oxygen atoms in total. The van der Waals surface area contributed by atoms with Gasteiger partial charge in [0.05, 0.1) is 0 Å². The van der Waals surface area contributed by atoms with E-state index in [1.165, 1.54) is 29.7 Å². The maximum Gasteiger partial charge on any atom is 0.0426 e. The molecule has 126 valence electrons. The predicted octanol–water partition coefficient (Wildman–Crippen LogP) is 4.90. The normalized spacial score (nSPS) is 26.0. The monoisotopic (exact) mass is 360 g/mol. The molecule has 2 N–H and O–H groups in total. The molecular formula is C20H22Cl2N2. The van der Waals surface area contributed by atoms with Crippen LogP contribution in [0.1, 0.15) is 24.0 Å². The number of hydrogen-bond acceptors (Lipinski definition) is 2. The van der Waals surface area contributed by atoms with Crippen molar-refractivity contribution in [3.8, 4) is 0 Å². The van der Waals surface area contributed by atoms with E-state index in [2.05, 4.69) is 41.0 Å². The van der Waals surface area contributed by atoms with Crippen molar-refractivity contribution < 1.29 is 0 Å². The van der Waals surface area contributed by atoms with Crippen LogP contribution in [-0.4, -0.2) is 19.6 Å². The number of rotatable bonds is 3. The lowest BCUT2D eigenvalue weighted by molar-refractivity contribution is 0.231. The van der Waals surface area contributed by atoms with Crippen molar-refractivity contribution in [2.24, 2.45) is 5.92 Å². The largest absolute Gasteiger partial charge is 0.384 e. The quantitative estimate of drug-likeness (QED) is 0.813. The fourth-order valence-electron chi connectivity index (χ4n) is 4.45. The Morgan fingerprint density at radius 3 is 2.75 bits per heavy atom. The van der Waals surface area contributed by atoms with Gasteiger partial charge >= 0.3 is 0 Å². The van der Waals surface area contributed by atoms with E-state index in [1.54, 1.807) is 0 Å². The highest BCUT2D eigenvalue weighted by Crippen LogP contribution is 2.47. The zero-order valence-corrected chi connectivity index (χ0v) is 15.1. The Kier molecular flexibility index (Phi) is 4.46. The van der Waals surface area contributed by atoms with Crippen molar-refractivity contribution in [2.45, 2.75) is 24.7 Å². The summed E-state index contributed by atoms with van der Waals surface area (Å²) in [7, 11) is 0. The third-order valence-electron chi connectivity index (χ3n) is 5.60. The van der Waals surface area contributed by atoms with Gasteiger partial charge in [0.1, 0.15) is 0 Å². The predicted molar refractivity (Wildman–Crippen MR) is 102 cm³/mol. The Labute approximate surface area is 153 Å². The lowest BCUT2D eigenvalue weighted by Crippen LogP contribution is -2.47. The Hall–Kier alpha value is -1.22. The Bertz CT molecular complexity index is 740. The van der Waals surface area contributed by atoms with Gasteiger partial charge in [0.2, 0.25) is 0 Å². The average molecular weight is 361 g/mol. The highest BCUT2D eigenvalue weighted by atomic mass is 35.5. The molecule has 0 aromatic heterocycles. The average Bonchev–Trinajstić information content (AvgIpc) is 2.94. The van der Waals surface area contributed by atoms with E-state index in [9.17, 15) is 0 Å². The lowest BCUT2D eigenvalue weighted by atomic mass is 9.65. The molecule has 0 aliphatic carbocycles. The van der Waals surface area contributed by atoms with E-state index >= 15 is 0 Å². The molecule has 0 amide bonds. The molecule has 1 saturated heterocycles. The van der Waals surface area contributed by atoms with Gasteiger partial charge in [-0.1, -0.05) is 41.4 Å². The van der Waals surface area contributed by atoms with Crippen molar-refractivity contribution in [3.05, 3.63) is 63.6 Å². The van der Waals surface area contributed by atoms with Gasteiger partial charge in [0, 0.05) is 27.7 Å². The molecule has 2 atom stereocenters. The van der Waals surface area contributed by atoms with Crippen LogP contribution in [-0.2, 0) is 11.8 Å². The number of nitrogens with one attached hydrogen (secondary N) is 2. The van der Waals surface area contributed by atoms with Crippen LogP contribution in [0.5, 0.6) is 0 Å². The van der Waals surface area contributed by atoms with Gasteiger partial charge in [-0.05, 0) is 73.7 Å². The molecule has 4 heteroatoms. The third kappa shape index (κ3) is 2.92. The molecule has 2 aromatic carbocycles. The summed E-state index contributed by atoms with van der Waals surface area (Å²) in [5.41, 5.74) is 3.99. The molecular weight excluding hydrogens is 339 g/mol.